The molecule has 0 aliphatic carbocycles. The molecule has 0 fully saturated rings. The van der Waals surface area contributed by atoms with Crippen molar-refractivity contribution in [3.05, 3.63) is 322 Å². The number of aryl methyl sites for hydroxylation is 4. The zero-order chi connectivity index (χ0) is 92.3. The summed E-state index contributed by atoms with van der Waals surface area (Å²) in [7, 11) is 0. The second-order valence-electron chi connectivity index (χ2n) is 42.4. The molecule has 0 aliphatic rings. The first-order valence-electron chi connectivity index (χ1n) is 45.6. The van der Waals surface area contributed by atoms with E-state index in [0.29, 0.717) is 0 Å². The fraction of sp³-hybridized carbons (Fsp3) is 0.383. The number of benzene rings is 10. The Labute approximate surface area is 794 Å². The molecule has 0 saturated carbocycles. The molecule has 0 aliphatic heterocycles. The van der Waals surface area contributed by atoms with E-state index in [1.165, 1.54) is 196 Å². The van der Waals surface area contributed by atoms with Crippen LogP contribution in [0.3, 0.4) is 0 Å². The normalized spacial score (nSPS) is 11.8. The first-order valence-corrected chi connectivity index (χ1v) is 48.6. The topological polar surface area (TPSA) is 46.1 Å². The molecule has 0 N–H and O–H groups in total. The minimum atomic E-state index is -0.0711. The van der Waals surface area contributed by atoms with Crippen LogP contribution in [0.1, 0.15) is 300 Å². The van der Waals surface area contributed by atoms with Crippen molar-refractivity contribution in [2.75, 3.05) is 0 Å². The van der Waals surface area contributed by atoms with Crippen LogP contribution < -0.4 is 22.6 Å². The Morgan fingerprint density at radius 3 is 0.600 bits per heavy atom. The molecule has 0 spiro atoms. The van der Waals surface area contributed by atoms with Crippen molar-refractivity contribution in [1.29, 1.82) is 0 Å². The van der Waals surface area contributed by atoms with Gasteiger partial charge in [-0.2, -0.15) is 24.3 Å². The number of rotatable bonds is 12. The van der Waals surface area contributed by atoms with E-state index in [1.807, 2.05) is 12.1 Å². The van der Waals surface area contributed by atoms with Gasteiger partial charge in [-0.25, -0.2) is 0 Å². The van der Waals surface area contributed by atoms with Gasteiger partial charge in [0.25, 0.3) is 0 Å². The van der Waals surface area contributed by atoms with Gasteiger partial charge < -0.3 is 22.6 Å². The van der Waals surface area contributed by atoms with Crippen molar-refractivity contribution >= 4 is 50.5 Å². The van der Waals surface area contributed by atoms with Crippen LogP contribution in [-0.2, 0) is 117 Å². The molecule has 0 heterocycles. The first-order chi connectivity index (χ1) is 57.9. The van der Waals surface area contributed by atoms with Gasteiger partial charge in [0.15, 0.2) is 0 Å². The predicted octanol–water partition coefficient (Wildman–Crippen LogP) is 30.3. The molecule has 14 aromatic carbocycles. The van der Waals surface area contributed by atoms with E-state index < -0.39 is 0 Å². The summed E-state index contributed by atoms with van der Waals surface area (Å²) in [4.78, 5) is 0. The van der Waals surface area contributed by atoms with E-state index in [0.717, 1.165) is 36.8 Å². The van der Waals surface area contributed by atoms with E-state index >= 15 is 0 Å². The number of hydrogen-bond donors (Lipinski definition) is 0. The van der Waals surface area contributed by atoms with E-state index in [4.69, 9.17) is 0 Å². The number of hydrogen-bond acceptors (Lipinski definition) is 2. The second-order valence-corrected chi connectivity index (χ2v) is 44.9. The van der Waals surface area contributed by atoms with Gasteiger partial charge in [-0.1, -0.05) is 411 Å². The summed E-state index contributed by atoms with van der Waals surface area (Å²) < 4.78 is 4.85. The summed E-state index contributed by atoms with van der Waals surface area (Å²) in [5.74, 6) is 0.297. The van der Waals surface area contributed by atoms with Crippen molar-refractivity contribution in [3.63, 3.8) is 0 Å². The van der Waals surface area contributed by atoms with Gasteiger partial charge in [0, 0.05) is 0 Å². The third-order valence-corrected chi connectivity index (χ3v) is 23.0. The van der Waals surface area contributed by atoms with E-state index in [1.54, 1.807) is 36.4 Å². The van der Waals surface area contributed by atoms with Crippen LogP contribution in [-0.4, -0.2) is 7.42 Å². The predicted molar refractivity (Wildman–Crippen MR) is 541 cm³/mol. The van der Waals surface area contributed by atoms with Crippen molar-refractivity contribution in [3.8, 4) is 56.0 Å². The average Bonchev–Trinajstić information content (AvgIpc) is 1.65. The maximum absolute atomic E-state index is 11.7. The third kappa shape index (κ3) is 30.6. The number of fused-ring (bicyclic) bond motifs is 4. The maximum atomic E-state index is 11.7. The summed E-state index contributed by atoms with van der Waals surface area (Å²) in [5, 5.41) is 34.5. The van der Waals surface area contributed by atoms with Crippen molar-refractivity contribution < 1.29 is 71.1 Å². The Morgan fingerprint density at radius 1 is 0.264 bits per heavy atom. The Balaban J connectivity index is 0.000000230. The van der Waals surface area contributed by atoms with Crippen LogP contribution in [0.5, 0.6) is 11.5 Å². The largest absolute Gasteiger partial charge is 1.00 e. The zero-order valence-corrected chi connectivity index (χ0v) is 88.0. The average molecular weight is 1840 g/mol. The Bertz CT molecular complexity index is 5060. The van der Waals surface area contributed by atoms with Crippen molar-refractivity contribution in [1.82, 2.24) is 0 Å². The van der Waals surface area contributed by atoms with Gasteiger partial charge in [0.1, 0.15) is 0 Å². The van der Waals surface area contributed by atoms with Gasteiger partial charge in [0.05, 0.1) is 0 Å². The van der Waals surface area contributed by atoms with Crippen LogP contribution in [0.4, 0.5) is 0 Å². The molecule has 0 radical (unpaired) electrons. The molecular weight excluding hydrogens is 1690 g/mol. The Morgan fingerprint density at radius 2 is 0.440 bits per heavy atom. The van der Waals surface area contributed by atoms with E-state index in [9.17, 15) is 10.2 Å². The quantitative estimate of drug-likeness (QED) is 0.114. The molecule has 2 nitrogen and oxygen atoms in total. The van der Waals surface area contributed by atoms with Gasteiger partial charge in [-0.05, 0) is 125 Å². The summed E-state index contributed by atoms with van der Waals surface area (Å²) in [6.07, 6.45) is 9.46. The van der Waals surface area contributed by atoms with Crippen LogP contribution in [0.15, 0.2) is 255 Å². The molecule has 0 amide bonds. The molecule has 0 unspecified atom stereocenters. The molecule has 0 bridgehead atoms. The standard InChI is InChI=1S/4C22H25.2C14H22O.C3H6.CH2.ClH.2Zr/c4*1-5-7-16-14-18-8-6-9-20(21(18)15-16)17-10-12-19(13-11-17)22(2,3)4;2*1-13(2,3)10-7-8-12(15)11(9-10)14(4,5)6;1-3-2;;;;/h4*6,8-15H,5,7H2,1-4H3;2*7-9,15H,1-6H3;1-2H3;1H2;1H;;/q4*-1;;;;;;2*+2/p-3. The van der Waals surface area contributed by atoms with Gasteiger partial charge in [0.2, 0.25) is 0 Å². The molecule has 5 heteroatoms. The summed E-state index contributed by atoms with van der Waals surface area (Å²) in [6.45, 7) is 65.8. The van der Waals surface area contributed by atoms with Gasteiger partial charge in [-0.15, -0.1) is 150 Å². The Hall–Kier alpha value is -7.96. The molecule has 0 saturated heterocycles. The molecule has 660 valence electrons. The smallest absolute Gasteiger partial charge is 1.00 e. The first kappa shape index (κ1) is 106. The van der Waals surface area contributed by atoms with Crippen LogP contribution >= 0.6 is 0 Å². The summed E-state index contributed by atoms with van der Waals surface area (Å²) in [6, 6.07) is 93.0. The fourth-order valence-corrected chi connectivity index (χ4v) is 15.7. The van der Waals surface area contributed by atoms with Gasteiger partial charge in [-0.3, -0.25) is 0 Å². The summed E-state index contributed by atoms with van der Waals surface area (Å²) in [5.41, 5.74) is 27.2. The van der Waals surface area contributed by atoms with Crippen LogP contribution in [0, 0.1) is 0 Å². The molecule has 14 rings (SSSR count). The molecule has 14 aromatic rings. The third-order valence-electron chi connectivity index (χ3n) is 23.0. The molecule has 125 heavy (non-hydrogen) atoms. The van der Waals surface area contributed by atoms with Gasteiger partial charge >= 0.3 is 69.7 Å². The SMILES string of the molecule is CC(C)(C)c1ccc([O-])c(C(C)(C)C)c1.CC(C)(C)c1ccc([O-])c(C(C)(C)C)c1.CCCc1cc2c(-c3ccc(C(C)(C)C)cc3)cccc2[cH-]1.CCCc1cc2c(-c3ccc(C(C)(C)C)cc3)cccc2[cH-]1.CCCc1cc2c(-c3ccc(C(C)(C)C)cc3)cccc2[cH-]1.CCCc1cc2c(-c3ccc(C(C)(C)C)cc3)cccc2[cH-]1.C[C](C)=[Zr+2].[CH2]=[Zr+2].[Cl-]. The zero-order valence-electron chi connectivity index (χ0n) is 82.3. The number of halogens is 1. The molecule has 0 atom stereocenters. The summed E-state index contributed by atoms with van der Waals surface area (Å²) >= 11 is 2.85. The minimum Gasteiger partial charge on any atom is -1.00 e. The van der Waals surface area contributed by atoms with E-state index in [-0.39, 0.29) is 67.2 Å². The van der Waals surface area contributed by atoms with E-state index in [2.05, 4.69) is 442 Å². The minimum absolute atomic E-state index is 0. The van der Waals surface area contributed by atoms with Crippen molar-refractivity contribution in [2.45, 2.75) is 302 Å². The van der Waals surface area contributed by atoms with Crippen LogP contribution in [0.25, 0.3) is 87.6 Å². The van der Waals surface area contributed by atoms with Crippen molar-refractivity contribution in [2.24, 2.45) is 0 Å². The molecule has 0 aromatic heterocycles. The molecular formula is C120H150ClO2Zr2-3. The fourth-order valence-electron chi connectivity index (χ4n) is 15.7. The monoisotopic (exact) mass is 1840 g/mol. The van der Waals surface area contributed by atoms with Crippen LogP contribution in [0.2, 0.25) is 0 Å². The second kappa shape index (κ2) is 45.8. The maximum Gasteiger partial charge on any atom is -1.00 e. The Kier molecular flexibility index (Phi) is 38.8.